The number of carbonyl (C=O) groups excluding carboxylic acids is 2. The molecule has 2 saturated heterocycles. The Kier molecular flexibility index (Phi) is 14.0. The van der Waals surface area contributed by atoms with E-state index in [-0.39, 0.29) is 13.2 Å². The van der Waals surface area contributed by atoms with Gasteiger partial charge in [-0.1, -0.05) is 60.7 Å². The Bertz CT molecular complexity index is 2920. The first-order chi connectivity index (χ1) is 34.2. The number of nitrogens with one attached hydrogen (secondary N) is 2. The third kappa shape index (κ3) is 10.4. The van der Waals surface area contributed by atoms with E-state index < -0.39 is 24.1 Å². The number of benzene rings is 6. The second-order valence-corrected chi connectivity index (χ2v) is 19.0. The van der Waals surface area contributed by atoms with Gasteiger partial charge in [-0.05, 0) is 160 Å². The Labute approximate surface area is 408 Å². The van der Waals surface area contributed by atoms with Gasteiger partial charge in [0, 0.05) is 57.1 Å². The molecule has 12 heteroatoms. The molecule has 0 amide bonds. The molecule has 0 bridgehead atoms. The smallest absolute Gasteiger partial charge is 0.417 e. The van der Waals surface area contributed by atoms with Crippen LogP contribution < -0.4 is 18.9 Å². The van der Waals surface area contributed by atoms with Crippen molar-refractivity contribution in [1.82, 2.24) is 19.8 Å². The van der Waals surface area contributed by atoms with Crippen molar-refractivity contribution in [3.63, 3.8) is 0 Å². The van der Waals surface area contributed by atoms with Gasteiger partial charge in [0.05, 0.1) is 14.2 Å². The summed E-state index contributed by atoms with van der Waals surface area (Å²) in [7, 11) is 3.42. The van der Waals surface area contributed by atoms with Gasteiger partial charge in [-0.25, -0.2) is 9.59 Å². The van der Waals surface area contributed by atoms with Crippen molar-refractivity contribution in [2.45, 2.75) is 63.6 Å². The molecule has 2 aromatic heterocycles. The zero-order valence-corrected chi connectivity index (χ0v) is 40.5. The fourth-order valence-electron chi connectivity index (χ4n) is 10.7. The van der Waals surface area contributed by atoms with Crippen LogP contribution >= 0.6 is 0 Å². The van der Waals surface area contributed by atoms with Gasteiger partial charge in [0.15, 0.2) is 0 Å². The lowest BCUT2D eigenvalue weighted by Gasteiger charge is -2.34. The number of aromatic amines is 2. The molecule has 2 aliphatic rings. The van der Waals surface area contributed by atoms with Crippen molar-refractivity contribution in [1.29, 1.82) is 0 Å². The highest BCUT2D eigenvalue weighted by molar-refractivity contribution is 6.29. The molecule has 2 fully saturated rings. The molecule has 2 aliphatic heterocycles. The highest BCUT2D eigenvalue weighted by Crippen LogP contribution is 2.36. The van der Waals surface area contributed by atoms with Gasteiger partial charge in [-0.2, -0.15) is 0 Å². The maximum absolute atomic E-state index is 14.0. The molecule has 12 nitrogen and oxygen atoms in total. The fourth-order valence-corrected chi connectivity index (χ4v) is 10.7. The maximum Gasteiger partial charge on any atom is 0.417 e. The van der Waals surface area contributed by atoms with Crippen molar-refractivity contribution in [2.24, 2.45) is 0 Å². The largest absolute Gasteiger partial charge is 0.496 e. The van der Waals surface area contributed by atoms with Crippen LogP contribution in [-0.4, -0.2) is 111 Å². The van der Waals surface area contributed by atoms with Gasteiger partial charge in [0.2, 0.25) is 0 Å². The number of hydrogen-bond donors (Lipinski definition) is 2. The van der Waals surface area contributed by atoms with E-state index >= 15 is 0 Å². The Morgan fingerprint density at radius 3 is 1.33 bits per heavy atom. The summed E-state index contributed by atoms with van der Waals surface area (Å²) in [4.78, 5) is 39.3. The van der Waals surface area contributed by atoms with Crippen LogP contribution in [0, 0.1) is 13.8 Å². The summed E-state index contributed by atoms with van der Waals surface area (Å²) in [5.74, 6) is 1.71. The first-order valence-electron chi connectivity index (χ1n) is 24.6. The predicted molar refractivity (Wildman–Crippen MR) is 275 cm³/mol. The van der Waals surface area contributed by atoms with E-state index in [0.29, 0.717) is 36.4 Å². The summed E-state index contributed by atoms with van der Waals surface area (Å²) in [5.41, 5.74) is 6.51. The third-order valence-electron chi connectivity index (χ3n) is 14.3. The summed E-state index contributed by atoms with van der Waals surface area (Å²) in [5, 5.41) is 6.39. The molecule has 0 unspecified atom stereocenters. The number of nitrogens with zero attached hydrogens (tertiary/aromatic N) is 2. The summed E-state index contributed by atoms with van der Waals surface area (Å²) < 4.78 is 36.4. The average molecular weight is 943 g/mol. The molecule has 2 N–H and O–H groups in total. The van der Waals surface area contributed by atoms with Gasteiger partial charge < -0.3 is 38.4 Å². The highest BCUT2D eigenvalue weighted by Gasteiger charge is 2.32. The number of methoxy groups -OCH3 is 2. The van der Waals surface area contributed by atoms with Crippen molar-refractivity contribution < 1.29 is 38.0 Å². The van der Waals surface area contributed by atoms with Crippen molar-refractivity contribution in [2.75, 3.05) is 66.7 Å². The highest BCUT2D eigenvalue weighted by atomic mass is 16.6. The van der Waals surface area contributed by atoms with Crippen LogP contribution in [0.25, 0.3) is 43.4 Å². The van der Waals surface area contributed by atoms with Crippen LogP contribution in [0.15, 0.2) is 121 Å². The lowest BCUT2D eigenvalue weighted by atomic mass is 9.88. The molecule has 2 atom stereocenters. The van der Waals surface area contributed by atoms with Gasteiger partial charge in [-0.3, -0.25) is 9.80 Å². The zero-order valence-electron chi connectivity index (χ0n) is 40.5. The summed E-state index contributed by atoms with van der Waals surface area (Å²) in [6.07, 6.45) is 2.21. The van der Waals surface area contributed by atoms with E-state index in [9.17, 15) is 9.59 Å². The molecule has 4 heterocycles. The van der Waals surface area contributed by atoms with E-state index in [1.807, 2.05) is 86.6 Å². The number of hydrogen-bond acceptors (Lipinski definition) is 10. The predicted octanol–water partition coefficient (Wildman–Crippen LogP) is 10.6. The van der Waals surface area contributed by atoms with Crippen molar-refractivity contribution in [3.05, 3.63) is 144 Å². The number of fused-ring (bicyclic) bond motifs is 4. The lowest BCUT2D eigenvalue weighted by Crippen LogP contribution is -2.45. The first-order valence-corrected chi connectivity index (χ1v) is 24.6. The Hall–Kier alpha value is -7.02. The van der Waals surface area contributed by atoms with E-state index in [0.717, 1.165) is 118 Å². The molecular formula is C58H62N4O8. The number of esters is 2. The first kappa shape index (κ1) is 46.7. The van der Waals surface area contributed by atoms with Crippen LogP contribution in [0.4, 0.5) is 0 Å². The maximum atomic E-state index is 14.0. The van der Waals surface area contributed by atoms with Gasteiger partial charge in [0.25, 0.3) is 0 Å². The van der Waals surface area contributed by atoms with Gasteiger partial charge in [0.1, 0.15) is 48.4 Å². The van der Waals surface area contributed by atoms with Crippen LogP contribution in [0.3, 0.4) is 0 Å². The topological polar surface area (TPSA) is 128 Å². The minimum absolute atomic E-state index is 0.0539. The number of likely N-dealkylation sites (tertiary alicyclic amines) is 2. The molecule has 8 aromatic rings. The number of aromatic nitrogens is 2. The average Bonchev–Trinajstić information content (AvgIpc) is 3.98. The molecule has 362 valence electrons. The van der Waals surface area contributed by atoms with Crippen LogP contribution in [0.5, 0.6) is 23.0 Å². The molecule has 10 rings (SSSR count). The molecule has 0 radical (unpaired) electrons. The molecule has 0 saturated carbocycles. The van der Waals surface area contributed by atoms with Crippen molar-refractivity contribution >= 4 is 55.3 Å². The molecular weight excluding hydrogens is 881 g/mol. The number of rotatable bonds is 16. The molecule has 6 aromatic carbocycles. The monoisotopic (exact) mass is 942 g/mol. The van der Waals surface area contributed by atoms with E-state index in [4.69, 9.17) is 28.4 Å². The quantitative estimate of drug-likeness (QED) is 0.0714. The Morgan fingerprint density at radius 2 is 0.914 bits per heavy atom. The second-order valence-electron chi connectivity index (χ2n) is 19.0. The summed E-state index contributed by atoms with van der Waals surface area (Å²) >= 11 is 0. The normalized spacial score (nSPS) is 16.1. The van der Waals surface area contributed by atoms with Gasteiger partial charge in [-0.15, -0.1) is 0 Å². The Balaban J connectivity index is 0.825. The number of piperidine rings is 2. The summed E-state index contributed by atoms with van der Waals surface area (Å²) in [6.45, 7) is 8.06. The number of aryl methyl sites for hydroxylation is 2. The van der Waals surface area contributed by atoms with Gasteiger partial charge >= 0.3 is 11.9 Å². The number of carbonyl (C=O) groups is 2. The standard InChI is InChI=1S/C58H62N4O8/c1-37-29-49-51(59-37)11-7-15-55(49)67-35-45(33-61-25-21-39(22-26-61)43-19-17-41-9-5-13-53(65-3)47(41)31-43)69-57(63)58(64)70-46(36-68-56-16-8-12-52-50(56)30-38(2)60-52)34-62-27-23-40(24-28-62)44-20-18-42-10-6-14-54(66-4)48(42)32-44/h5-20,29-32,39-40,45-46,59-60H,21-28,33-36H2,1-4H3/t45-,46-/m0/s1. The molecule has 0 aliphatic carbocycles. The lowest BCUT2D eigenvalue weighted by molar-refractivity contribution is -0.176. The minimum atomic E-state index is -1.05. The number of ether oxygens (including phenoxy) is 6. The van der Waals surface area contributed by atoms with Crippen molar-refractivity contribution in [3.8, 4) is 23.0 Å². The van der Waals surface area contributed by atoms with E-state index in [1.54, 1.807) is 14.2 Å². The molecule has 70 heavy (non-hydrogen) atoms. The fraction of sp³-hybridized carbons (Fsp3) is 0.345. The summed E-state index contributed by atoms with van der Waals surface area (Å²) in [6, 6.07) is 41.3. The van der Waals surface area contributed by atoms with Crippen LogP contribution in [-0.2, 0) is 19.1 Å². The second kappa shape index (κ2) is 20.9. The van der Waals surface area contributed by atoms with E-state index in [1.165, 1.54) is 11.1 Å². The Morgan fingerprint density at radius 1 is 0.514 bits per heavy atom. The minimum Gasteiger partial charge on any atom is -0.496 e. The van der Waals surface area contributed by atoms with Crippen LogP contribution in [0.1, 0.15) is 60.0 Å². The van der Waals surface area contributed by atoms with Crippen LogP contribution in [0.2, 0.25) is 0 Å². The van der Waals surface area contributed by atoms with E-state index in [2.05, 4.69) is 68.3 Å². The third-order valence-corrected chi connectivity index (χ3v) is 14.3. The zero-order chi connectivity index (χ0) is 48.1. The number of H-pyrrole nitrogens is 2. The SMILES string of the molecule is COc1cccc2ccc(C3CCN(C[C@@H](COc4cccc5[nH]c(C)cc45)OC(=O)C(=O)O[C@H](COc4cccc5[nH]c(C)cc45)CN4CCC(c5ccc6cccc(OC)c6c5)CC4)CC3)cc12. The molecule has 0 spiro atoms.